The first-order valence-electron chi connectivity index (χ1n) is 8.53. The highest BCUT2D eigenvalue weighted by atomic mass is 35.5. The van der Waals surface area contributed by atoms with E-state index in [0.29, 0.717) is 31.1 Å². The van der Waals surface area contributed by atoms with Crippen LogP contribution in [0.3, 0.4) is 0 Å². The van der Waals surface area contributed by atoms with Gasteiger partial charge in [-0.2, -0.15) is 0 Å². The predicted octanol–water partition coefficient (Wildman–Crippen LogP) is 1.81. The van der Waals surface area contributed by atoms with Crippen LogP contribution < -0.4 is 11.1 Å². The van der Waals surface area contributed by atoms with Crippen molar-refractivity contribution in [1.82, 2.24) is 10.2 Å². The predicted molar refractivity (Wildman–Crippen MR) is 96.0 cm³/mol. The Morgan fingerprint density at radius 1 is 1.12 bits per heavy atom. The fourth-order valence-electron chi connectivity index (χ4n) is 3.16. The summed E-state index contributed by atoms with van der Waals surface area (Å²) < 4.78 is 0. The van der Waals surface area contributed by atoms with Crippen molar-refractivity contribution in [3.05, 3.63) is 35.9 Å². The van der Waals surface area contributed by atoms with Gasteiger partial charge in [-0.3, -0.25) is 9.59 Å². The van der Waals surface area contributed by atoms with E-state index in [1.54, 1.807) is 0 Å². The smallest absolute Gasteiger partial charge is 0.253 e. The van der Waals surface area contributed by atoms with Gasteiger partial charge in [-0.15, -0.1) is 12.4 Å². The molecule has 3 rings (SSSR count). The summed E-state index contributed by atoms with van der Waals surface area (Å²) in [5.74, 6) is 0.745. The average Bonchev–Trinajstić information content (AvgIpc) is 3.45. The summed E-state index contributed by atoms with van der Waals surface area (Å²) in [5, 5.41) is 2.98. The van der Waals surface area contributed by atoms with Crippen molar-refractivity contribution in [3.8, 4) is 0 Å². The van der Waals surface area contributed by atoms with Gasteiger partial charge in [0.05, 0.1) is 0 Å². The zero-order valence-corrected chi connectivity index (χ0v) is 14.6. The maximum Gasteiger partial charge on any atom is 0.253 e. The third-order valence-electron chi connectivity index (χ3n) is 4.91. The molecule has 1 aromatic rings. The van der Waals surface area contributed by atoms with E-state index in [1.807, 2.05) is 35.2 Å². The van der Waals surface area contributed by atoms with E-state index in [9.17, 15) is 9.59 Å². The third-order valence-corrected chi connectivity index (χ3v) is 4.91. The molecule has 2 aliphatic rings. The molecule has 0 radical (unpaired) electrons. The lowest BCUT2D eigenvalue weighted by molar-refractivity contribution is -0.126. The standard InChI is InChI=1S/C18H25N3O2.ClH/c19-16(13-6-7-13)12-20-17(22)14-8-10-21(11-9-14)18(23)15-4-2-1-3-5-15;/h1-5,13-14,16H,6-12,19H2,(H,20,22);1H. The van der Waals surface area contributed by atoms with Crippen molar-refractivity contribution in [2.75, 3.05) is 19.6 Å². The molecule has 3 N–H and O–H groups in total. The summed E-state index contributed by atoms with van der Waals surface area (Å²) in [6, 6.07) is 9.41. The maximum atomic E-state index is 12.4. The number of hydrogen-bond acceptors (Lipinski definition) is 3. The molecule has 24 heavy (non-hydrogen) atoms. The number of nitrogens with zero attached hydrogens (tertiary/aromatic N) is 1. The Bertz CT molecular complexity index is 555. The Labute approximate surface area is 149 Å². The Morgan fingerprint density at radius 2 is 1.75 bits per heavy atom. The molecule has 1 aliphatic heterocycles. The monoisotopic (exact) mass is 351 g/mol. The van der Waals surface area contributed by atoms with Crippen molar-refractivity contribution in [1.29, 1.82) is 0 Å². The molecule has 132 valence electrons. The lowest BCUT2D eigenvalue weighted by Gasteiger charge is -2.31. The molecule has 1 aromatic carbocycles. The molecule has 0 aromatic heterocycles. The molecule has 0 bridgehead atoms. The number of piperidine rings is 1. The summed E-state index contributed by atoms with van der Waals surface area (Å²) in [6.07, 6.45) is 3.83. The number of halogens is 1. The summed E-state index contributed by atoms with van der Waals surface area (Å²) in [6.45, 7) is 1.85. The van der Waals surface area contributed by atoms with E-state index >= 15 is 0 Å². The van der Waals surface area contributed by atoms with Crippen LogP contribution in [0, 0.1) is 11.8 Å². The third kappa shape index (κ3) is 4.71. The second kappa shape index (κ2) is 8.49. The van der Waals surface area contributed by atoms with Gasteiger partial charge < -0.3 is 16.0 Å². The normalized spacial score (nSPS) is 19.3. The maximum absolute atomic E-state index is 12.4. The highest BCUT2D eigenvalue weighted by molar-refractivity contribution is 5.94. The zero-order valence-electron chi connectivity index (χ0n) is 13.8. The lowest BCUT2D eigenvalue weighted by atomic mass is 9.95. The van der Waals surface area contributed by atoms with Crippen molar-refractivity contribution in [3.63, 3.8) is 0 Å². The zero-order chi connectivity index (χ0) is 16.2. The quantitative estimate of drug-likeness (QED) is 0.849. The summed E-state index contributed by atoms with van der Waals surface area (Å²) in [4.78, 5) is 26.4. The van der Waals surface area contributed by atoms with Crippen LogP contribution in [0.4, 0.5) is 0 Å². The number of likely N-dealkylation sites (tertiary alicyclic amines) is 1. The molecule has 2 amide bonds. The van der Waals surface area contributed by atoms with E-state index in [-0.39, 0.29) is 36.2 Å². The highest BCUT2D eigenvalue weighted by Gasteiger charge is 2.31. The lowest BCUT2D eigenvalue weighted by Crippen LogP contribution is -2.45. The number of carbonyl (C=O) groups is 2. The minimum atomic E-state index is 0. The van der Waals surface area contributed by atoms with Crippen LogP contribution in [-0.4, -0.2) is 42.4 Å². The van der Waals surface area contributed by atoms with Crippen LogP contribution in [0.2, 0.25) is 0 Å². The Kier molecular flexibility index (Phi) is 6.63. The van der Waals surface area contributed by atoms with Crippen molar-refractivity contribution >= 4 is 24.2 Å². The van der Waals surface area contributed by atoms with Crippen molar-refractivity contribution < 1.29 is 9.59 Å². The minimum absolute atomic E-state index is 0. The first kappa shape index (κ1) is 18.7. The molecule has 1 heterocycles. The van der Waals surface area contributed by atoms with E-state index in [0.717, 1.165) is 12.8 Å². The first-order chi connectivity index (χ1) is 11.1. The van der Waals surface area contributed by atoms with Crippen LogP contribution in [0.15, 0.2) is 30.3 Å². The number of nitrogens with one attached hydrogen (secondary N) is 1. The molecule has 1 saturated heterocycles. The summed E-state index contributed by atoms with van der Waals surface area (Å²) in [7, 11) is 0. The fourth-order valence-corrected chi connectivity index (χ4v) is 3.16. The van der Waals surface area contributed by atoms with Gasteiger partial charge in [0.2, 0.25) is 5.91 Å². The largest absolute Gasteiger partial charge is 0.354 e. The summed E-state index contributed by atoms with van der Waals surface area (Å²) >= 11 is 0. The molecule has 1 saturated carbocycles. The van der Waals surface area contributed by atoms with Gasteiger partial charge in [-0.05, 0) is 43.7 Å². The number of amides is 2. The van der Waals surface area contributed by atoms with Gasteiger partial charge in [0, 0.05) is 37.2 Å². The molecule has 6 heteroatoms. The second-order valence-corrected chi connectivity index (χ2v) is 6.68. The molecule has 0 spiro atoms. The Hall–Kier alpha value is -1.59. The molecule has 1 aliphatic carbocycles. The number of benzene rings is 1. The number of carbonyl (C=O) groups excluding carboxylic acids is 2. The van der Waals surface area contributed by atoms with Crippen LogP contribution in [0.5, 0.6) is 0 Å². The molecular weight excluding hydrogens is 326 g/mol. The minimum Gasteiger partial charge on any atom is -0.354 e. The number of rotatable bonds is 5. The average molecular weight is 352 g/mol. The number of nitrogens with two attached hydrogens (primary N) is 1. The van der Waals surface area contributed by atoms with Crippen LogP contribution in [-0.2, 0) is 4.79 Å². The molecule has 2 fully saturated rings. The van der Waals surface area contributed by atoms with E-state index in [2.05, 4.69) is 5.32 Å². The van der Waals surface area contributed by atoms with Gasteiger partial charge in [-0.25, -0.2) is 0 Å². The highest BCUT2D eigenvalue weighted by Crippen LogP contribution is 2.31. The Morgan fingerprint density at radius 3 is 2.33 bits per heavy atom. The van der Waals surface area contributed by atoms with E-state index < -0.39 is 0 Å². The summed E-state index contributed by atoms with van der Waals surface area (Å²) in [5.41, 5.74) is 6.73. The first-order valence-corrected chi connectivity index (χ1v) is 8.53. The molecular formula is C18H26ClN3O2. The fraction of sp³-hybridized carbons (Fsp3) is 0.556. The second-order valence-electron chi connectivity index (χ2n) is 6.68. The van der Waals surface area contributed by atoms with Gasteiger partial charge in [-0.1, -0.05) is 18.2 Å². The van der Waals surface area contributed by atoms with Gasteiger partial charge in [0.15, 0.2) is 0 Å². The molecule has 5 nitrogen and oxygen atoms in total. The van der Waals surface area contributed by atoms with Gasteiger partial charge >= 0.3 is 0 Å². The van der Waals surface area contributed by atoms with Crippen LogP contribution >= 0.6 is 12.4 Å². The molecule has 1 atom stereocenters. The van der Waals surface area contributed by atoms with Crippen LogP contribution in [0.1, 0.15) is 36.0 Å². The van der Waals surface area contributed by atoms with Gasteiger partial charge in [0.25, 0.3) is 5.91 Å². The Balaban J connectivity index is 0.00000208. The molecule has 1 unspecified atom stereocenters. The van der Waals surface area contributed by atoms with E-state index in [4.69, 9.17) is 5.73 Å². The van der Waals surface area contributed by atoms with Gasteiger partial charge in [0.1, 0.15) is 0 Å². The van der Waals surface area contributed by atoms with Crippen molar-refractivity contribution in [2.24, 2.45) is 17.6 Å². The van der Waals surface area contributed by atoms with Crippen LogP contribution in [0.25, 0.3) is 0 Å². The van der Waals surface area contributed by atoms with Crippen molar-refractivity contribution in [2.45, 2.75) is 31.7 Å². The van der Waals surface area contributed by atoms with E-state index in [1.165, 1.54) is 12.8 Å². The SMILES string of the molecule is Cl.NC(CNC(=O)C1CCN(C(=O)c2ccccc2)CC1)C1CC1. The number of hydrogen-bond donors (Lipinski definition) is 2. The topological polar surface area (TPSA) is 75.4 Å².